The lowest BCUT2D eigenvalue weighted by Gasteiger charge is -2.20. The number of H-pyrrole nitrogens is 1. The van der Waals surface area contributed by atoms with Crippen molar-refractivity contribution in [1.29, 1.82) is 0 Å². The highest BCUT2D eigenvalue weighted by Gasteiger charge is 2.31. The highest BCUT2D eigenvalue weighted by Crippen LogP contribution is 2.27. The van der Waals surface area contributed by atoms with E-state index in [1.54, 1.807) is 0 Å². The van der Waals surface area contributed by atoms with Crippen molar-refractivity contribution >= 4 is 22.5 Å². The van der Waals surface area contributed by atoms with E-state index in [1.807, 2.05) is 24.3 Å². The highest BCUT2D eigenvalue weighted by molar-refractivity contribution is 6.36. The normalized spacial score (nSPS) is 23.3. The van der Waals surface area contributed by atoms with Gasteiger partial charge in [0, 0.05) is 42.7 Å². The van der Waals surface area contributed by atoms with Crippen LogP contribution in [0.3, 0.4) is 0 Å². The van der Waals surface area contributed by atoms with Gasteiger partial charge in [0.05, 0.1) is 11.6 Å². The van der Waals surface area contributed by atoms with E-state index in [0.717, 1.165) is 21.6 Å². The van der Waals surface area contributed by atoms with Gasteiger partial charge in [-0.2, -0.15) is 0 Å². The van der Waals surface area contributed by atoms with Crippen molar-refractivity contribution in [2.24, 2.45) is 0 Å². The Morgan fingerprint density at radius 1 is 1.42 bits per heavy atom. The molecule has 0 radical (unpaired) electrons. The molecule has 0 spiro atoms. The minimum absolute atomic E-state index is 0.403. The Kier molecular flexibility index (Phi) is 3.50. The van der Waals surface area contributed by atoms with Crippen LogP contribution < -0.4 is 5.32 Å². The summed E-state index contributed by atoms with van der Waals surface area (Å²) in [6.07, 6.45) is 0.681. The van der Waals surface area contributed by atoms with Crippen LogP contribution in [0.1, 0.15) is 12.1 Å². The minimum atomic E-state index is -0.738. The molecule has 0 aliphatic carbocycles. The van der Waals surface area contributed by atoms with Gasteiger partial charge < -0.3 is 20.1 Å². The molecule has 3 rings (SSSR count). The van der Waals surface area contributed by atoms with E-state index in [0.29, 0.717) is 32.7 Å². The number of aliphatic hydroxyl groups is 1. The van der Waals surface area contributed by atoms with Gasteiger partial charge in [-0.3, -0.25) is 0 Å². The first-order valence-electron chi connectivity index (χ1n) is 6.44. The first kappa shape index (κ1) is 12.9. The second kappa shape index (κ2) is 5.13. The summed E-state index contributed by atoms with van der Waals surface area (Å²) in [6.45, 7) is 2.15. The Bertz CT molecular complexity index is 576. The molecule has 2 heterocycles. The molecular formula is C14H17ClN2O2. The molecule has 1 atom stereocenters. The topological polar surface area (TPSA) is 57.3 Å². The lowest BCUT2D eigenvalue weighted by molar-refractivity contribution is 0.0268. The summed E-state index contributed by atoms with van der Waals surface area (Å²) in [4.78, 5) is 3.29. The van der Waals surface area contributed by atoms with Gasteiger partial charge in [-0.1, -0.05) is 29.8 Å². The molecule has 3 N–H and O–H groups in total. The van der Waals surface area contributed by atoms with E-state index >= 15 is 0 Å². The van der Waals surface area contributed by atoms with Gasteiger partial charge in [0.15, 0.2) is 0 Å². The third-order valence-corrected chi connectivity index (χ3v) is 3.98. The average Bonchev–Trinajstić information content (AvgIpc) is 2.96. The molecule has 4 nitrogen and oxygen atoms in total. The van der Waals surface area contributed by atoms with Crippen LogP contribution in [-0.2, 0) is 11.3 Å². The fourth-order valence-corrected chi connectivity index (χ4v) is 2.72. The van der Waals surface area contributed by atoms with E-state index in [9.17, 15) is 5.11 Å². The molecule has 0 bridgehead atoms. The van der Waals surface area contributed by atoms with Crippen molar-refractivity contribution < 1.29 is 9.84 Å². The summed E-state index contributed by atoms with van der Waals surface area (Å²) in [6, 6.07) is 7.95. The second-order valence-corrected chi connectivity index (χ2v) is 5.47. The summed E-state index contributed by atoms with van der Waals surface area (Å²) in [5.41, 5.74) is 1.25. The molecule has 1 aromatic carbocycles. The molecule has 1 aromatic heterocycles. The van der Waals surface area contributed by atoms with Crippen molar-refractivity contribution in [2.45, 2.75) is 18.6 Å². The molecule has 5 heteroatoms. The molecule has 0 amide bonds. The average molecular weight is 281 g/mol. The summed E-state index contributed by atoms with van der Waals surface area (Å²) < 4.78 is 5.21. The lowest BCUT2D eigenvalue weighted by atomic mass is 10.0. The van der Waals surface area contributed by atoms with E-state index < -0.39 is 5.60 Å². The number of hydrogen-bond donors (Lipinski definition) is 3. The van der Waals surface area contributed by atoms with Crippen LogP contribution in [-0.4, -0.2) is 35.5 Å². The molecule has 1 saturated heterocycles. The molecule has 19 heavy (non-hydrogen) atoms. The number of halogens is 1. The zero-order valence-corrected chi connectivity index (χ0v) is 11.3. The fraction of sp³-hybridized carbons (Fsp3) is 0.429. The van der Waals surface area contributed by atoms with Crippen LogP contribution in [0.4, 0.5) is 0 Å². The Labute approximate surface area is 116 Å². The van der Waals surface area contributed by atoms with Gasteiger partial charge >= 0.3 is 0 Å². The van der Waals surface area contributed by atoms with Crippen molar-refractivity contribution in [3.63, 3.8) is 0 Å². The number of fused-ring (bicyclic) bond motifs is 1. The van der Waals surface area contributed by atoms with Crippen LogP contribution in [0.2, 0.25) is 5.02 Å². The minimum Gasteiger partial charge on any atom is -0.386 e. The van der Waals surface area contributed by atoms with Crippen molar-refractivity contribution in [2.75, 3.05) is 19.8 Å². The summed E-state index contributed by atoms with van der Waals surface area (Å²) in [5.74, 6) is 0. The van der Waals surface area contributed by atoms with Crippen LogP contribution in [0.5, 0.6) is 0 Å². The maximum atomic E-state index is 10.1. The Morgan fingerprint density at radius 3 is 3.00 bits per heavy atom. The van der Waals surface area contributed by atoms with Crippen LogP contribution in [0.15, 0.2) is 24.3 Å². The van der Waals surface area contributed by atoms with Crippen LogP contribution in [0.25, 0.3) is 10.9 Å². The maximum Gasteiger partial charge on any atom is 0.103 e. The number of nitrogens with one attached hydrogen (secondary N) is 2. The molecule has 1 aliphatic rings. The summed E-state index contributed by atoms with van der Waals surface area (Å²) >= 11 is 6.33. The van der Waals surface area contributed by atoms with Gasteiger partial charge in [0.1, 0.15) is 5.60 Å². The monoisotopic (exact) mass is 280 g/mol. The first-order chi connectivity index (χ1) is 9.18. The fourth-order valence-electron chi connectivity index (χ4n) is 2.44. The zero-order valence-electron chi connectivity index (χ0n) is 10.6. The van der Waals surface area contributed by atoms with Gasteiger partial charge in [-0.05, 0) is 6.07 Å². The van der Waals surface area contributed by atoms with E-state index in [4.69, 9.17) is 16.3 Å². The van der Waals surface area contributed by atoms with Gasteiger partial charge in [-0.25, -0.2) is 0 Å². The van der Waals surface area contributed by atoms with Gasteiger partial charge in [0.2, 0.25) is 0 Å². The second-order valence-electron chi connectivity index (χ2n) is 5.09. The Morgan fingerprint density at radius 2 is 2.26 bits per heavy atom. The van der Waals surface area contributed by atoms with Crippen molar-refractivity contribution in [3.05, 3.63) is 35.0 Å². The SMILES string of the molecule is OC1(CNCc2[nH]c3ccccc3c2Cl)CCOC1. The number of ether oxygens (including phenoxy) is 1. The highest BCUT2D eigenvalue weighted by atomic mass is 35.5. The van der Waals surface area contributed by atoms with Gasteiger partial charge in [0.25, 0.3) is 0 Å². The van der Waals surface area contributed by atoms with Crippen LogP contribution in [0, 0.1) is 0 Å². The number of hydrogen-bond acceptors (Lipinski definition) is 3. The quantitative estimate of drug-likeness (QED) is 0.803. The number of rotatable bonds is 4. The number of aromatic amines is 1. The van der Waals surface area contributed by atoms with E-state index in [2.05, 4.69) is 10.3 Å². The number of benzene rings is 1. The largest absolute Gasteiger partial charge is 0.386 e. The smallest absolute Gasteiger partial charge is 0.103 e. The maximum absolute atomic E-state index is 10.1. The molecule has 1 aliphatic heterocycles. The standard InChI is InChI=1S/C14H17ClN2O2/c15-13-10-3-1-2-4-11(10)17-12(13)7-16-8-14(18)5-6-19-9-14/h1-4,16-18H,5-9H2. The van der Waals surface area contributed by atoms with E-state index in [1.165, 1.54) is 0 Å². The zero-order chi connectivity index (χ0) is 13.3. The summed E-state index contributed by atoms with van der Waals surface area (Å²) in [5, 5.41) is 15.2. The molecule has 0 saturated carbocycles. The molecule has 1 fully saturated rings. The summed E-state index contributed by atoms with van der Waals surface area (Å²) in [7, 11) is 0. The Balaban J connectivity index is 1.67. The first-order valence-corrected chi connectivity index (χ1v) is 6.82. The van der Waals surface area contributed by atoms with Crippen LogP contribution >= 0.6 is 11.6 Å². The third kappa shape index (κ3) is 2.62. The predicted molar refractivity (Wildman–Crippen MR) is 75.4 cm³/mol. The molecular weight excluding hydrogens is 264 g/mol. The molecule has 1 unspecified atom stereocenters. The predicted octanol–water partition coefficient (Wildman–Crippen LogP) is 2.06. The third-order valence-electron chi connectivity index (χ3n) is 3.55. The van der Waals surface area contributed by atoms with Crippen molar-refractivity contribution in [1.82, 2.24) is 10.3 Å². The van der Waals surface area contributed by atoms with Gasteiger partial charge in [-0.15, -0.1) is 0 Å². The Hall–Kier alpha value is -1.07. The lowest BCUT2D eigenvalue weighted by Crippen LogP contribution is -2.40. The number of aromatic nitrogens is 1. The number of para-hydroxylation sites is 1. The molecule has 2 aromatic rings. The van der Waals surface area contributed by atoms with Crippen molar-refractivity contribution in [3.8, 4) is 0 Å². The van der Waals surface area contributed by atoms with E-state index in [-0.39, 0.29) is 0 Å². The molecule has 102 valence electrons.